The largest absolute Gasteiger partial charge is 0.495 e. The summed E-state index contributed by atoms with van der Waals surface area (Å²) in [5.74, 6) is 0.568. The molecule has 0 aliphatic carbocycles. The van der Waals surface area contributed by atoms with Crippen molar-refractivity contribution in [3.8, 4) is 11.8 Å². The van der Waals surface area contributed by atoms with Gasteiger partial charge in [-0.15, -0.1) is 0 Å². The lowest BCUT2D eigenvalue weighted by Gasteiger charge is -2.14. The number of rotatable bonds is 3. The van der Waals surface area contributed by atoms with E-state index in [1.807, 2.05) is 6.07 Å². The zero-order chi connectivity index (χ0) is 12.3. The molecule has 1 fully saturated rings. The van der Waals surface area contributed by atoms with Gasteiger partial charge in [-0.05, 0) is 17.7 Å². The molecule has 0 bridgehead atoms. The zero-order valence-electron chi connectivity index (χ0n) is 9.59. The van der Waals surface area contributed by atoms with Crippen LogP contribution >= 0.6 is 0 Å². The number of ether oxygens (including phenoxy) is 1. The molecule has 5 heteroatoms. The fraction of sp³-hybridized carbons (Fsp3) is 0.417. The maximum atomic E-state index is 9.32. The van der Waals surface area contributed by atoms with E-state index in [0.717, 1.165) is 5.56 Å². The van der Waals surface area contributed by atoms with Crippen LogP contribution in [0.2, 0.25) is 0 Å². The van der Waals surface area contributed by atoms with Crippen molar-refractivity contribution in [1.29, 1.82) is 5.26 Å². The molecule has 17 heavy (non-hydrogen) atoms. The molecule has 1 aromatic carbocycles. The van der Waals surface area contributed by atoms with Gasteiger partial charge in [0.25, 0.3) is 0 Å². The number of hydrogen-bond donors (Lipinski definition) is 1. The van der Waals surface area contributed by atoms with E-state index in [4.69, 9.17) is 14.8 Å². The van der Waals surface area contributed by atoms with E-state index in [-0.39, 0.29) is 0 Å². The highest BCUT2D eigenvalue weighted by molar-refractivity contribution is 5.45. The Hall–Kier alpha value is -1.61. The molecule has 1 aliphatic rings. The van der Waals surface area contributed by atoms with E-state index >= 15 is 0 Å². The van der Waals surface area contributed by atoms with Crippen molar-refractivity contribution in [1.82, 2.24) is 5.06 Å². The van der Waals surface area contributed by atoms with Gasteiger partial charge in [-0.25, -0.2) is 0 Å². The van der Waals surface area contributed by atoms with Gasteiger partial charge in [0.05, 0.1) is 31.9 Å². The fourth-order valence-corrected chi connectivity index (χ4v) is 1.79. The Morgan fingerprint density at radius 1 is 1.65 bits per heavy atom. The highest BCUT2D eigenvalue weighted by atomic mass is 16.7. The molecule has 1 aromatic rings. The van der Waals surface area contributed by atoms with Crippen LogP contribution in [0.25, 0.3) is 0 Å². The lowest BCUT2D eigenvalue weighted by molar-refractivity contribution is -0.117. The highest BCUT2D eigenvalue weighted by Crippen LogP contribution is 2.20. The summed E-state index contributed by atoms with van der Waals surface area (Å²) in [4.78, 5) is 5.27. The van der Waals surface area contributed by atoms with Crippen LogP contribution in [0.3, 0.4) is 0 Å². The van der Waals surface area contributed by atoms with Gasteiger partial charge in [0, 0.05) is 6.54 Å². The molecule has 5 nitrogen and oxygen atoms in total. The average Bonchev–Trinajstić information content (AvgIpc) is 2.74. The first kappa shape index (κ1) is 11.9. The summed E-state index contributed by atoms with van der Waals surface area (Å²) in [5.41, 5.74) is 1.46. The van der Waals surface area contributed by atoms with Crippen LogP contribution in [0.5, 0.6) is 5.75 Å². The standard InChI is InChI=1S/C12H14N2O3/c1-16-12-3-2-9(4-10(12)5-13)6-14-7-11(15)8-17-14/h2-4,11,15H,6-8H2,1H3/t11-/m0/s1. The Kier molecular flexibility index (Phi) is 3.59. The Morgan fingerprint density at radius 2 is 2.47 bits per heavy atom. The van der Waals surface area contributed by atoms with Gasteiger partial charge < -0.3 is 9.84 Å². The number of benzene rings is 1. The summed E-state index contributed by atoms with van der Waals surface area (Å²) in [5, 5.41) is 20.0. The number of β-amino-alcohol motifs (C(OH)–C–C–N with tert-alkyl or cyclic N) is 1. The first-order chi connectivity index (χ1) is 8.22. The van der Waals surface area contributed by atoms with Crippen molar-refractivity contribution < 1.29 is 14.7 Å². The number of hydrogen-bond acceptors (Lipinski definition) is 5. The molecule has 0 aromatic heterocycles. The first-order valence-electron chi connectivity index (χ1n) is 5.36. The average molecular weight is 234 g/mol. The summed E-state index contributed by atoms with van der Waals surface area (Å²) in [6, 6.07) is 7.50. The third-order valence-electron chi connectivity index (χ3n) is 2.61. The Labute approximate surface area is 99.7 Å². The number of nitrogens with zero attached hydrogens (tertiary/aromatic N) is 2. The van der Waals surface area contributed by atoms with Gasteiger partial charge in [-0.1, -0.05) is 6.07 Å². The van der Waals surface area contributed by atoms with Gasteiger partial charge >= 0.3 is 0 Å². The van der Waals surface area contributed by atoms with E-state index in [9.17, 15) is 5.11 Å². The molecule has 0 spiro atoms. The molecular weight excluding hydrogens is 220 g/mol. The molecule has 1 N–H and O–H groups in total. The smallest absolute Gasteiger partial charge is 0.136 e. The Bertz CT molecular complexity index is 442. The summed E-state index contributed by atoms with van der Waals surface area (Å²) in [6.45, 7) is 1.38. The number of aliphatic hydroxyl groups is 1. The van der Waals surface area contributed by atoms with Crippen molar-refractivity contribution in [2.75, 3.05) is 20.3 Å². The number of aliphatic hydroxyl groups excluding tert-OH is 1. The van der Waals surface area contributed by atoms with Crippen molar-refractivity contribution >= 4 is 0 Å². The Balaban J connectivity index is 2.09. The zero-order valence-corrected chi connectivity index (χ0v) is 9.59. The van der Waals surface area contributed by atoms with Crippen molar-refractivity contribution in [3.05, 3.63) is 29.3 Å². The maximum Gasteiger partial charge on any atom is 0.136 e. The van der Waals surface area contributed by atoms with Crippen LogP contribution in [0.4, 0.5) is 0 Å². The fourth-order valence-electron chi connectivity index (χ4n) is 1.79. The first-order valence-corrected chi connectivity index (χ1v) is 5.36. The van der Waals surface area contributed by atoms with Gasteiger partial charge in [0.1, 0.15) is 11.8 Å². The number of nitriles is 1. The minimum atomic E-state index is -0.427. The second kappa shape index (κ2) is 5.15. The monoisotopic (exact) mass is 234 g/mol. The van der Waals surface area contributed by atoms with Crippen LogP contribution in [0.1, 0.15) is 11.1 Å². The number of hydroxylamine groups is 2. The van der Waals surface area contributed by atoms with E-state index in [1.165, 1.54) is 7.11 Å². The predicted molar refractivity (Wildman–Crippen MR) is 60.1 cm³/mol. The molecule has 1 atom stereocenters. The van der Waals surface area contributed by atoms with Crippen LogP contribution < -0.4 is 4.74 Å². The quantitative estimate of drug-likeness (QED) is 0.833. The van der Waals surface area contributed by atoms with E-state index in [1.54, 1.807) is 17.2 Å². The lowest BCUT2D eigenvalue weighted by atomic mass is 10.1. The van der Waals surface area contributed by atoms with Crippen molar-refractivity contribution in [2.24, 2.45) is 0 Å². The van der Waals surface area contributed by atoms with E-state index in [2.05, 4.69) is 6.07 Å². The second-order valence-electron chi connectivity index (χ2n) is 3.92. The molecule has 2 rings (SSSR count). The molecule has 0 unspecified atom stereocenters. The molecule has 1 aliphatic heterocycles. The van der Waals surface area contributed by atoms with Gasteiger partial charge in [-0.3, -0.25) is 4.84 Å². The summed E-state index contributed by atoms with van der Waals surface area (Å²) in [7, 11) is 1.54. The topological polar surface area (TPSA) is 65.7 Å². The summed E-state index contributed by atoms with van der Waals surface area (Å²) < 4.78 is 5.07. The third kappa shape index (κ3) is 2.74. The molecule has 1 heterocycles. The van der Waals surface area contributed by atoms with Gasteiger partial charge in [0.15, 0.2) is 0 Å². The lowest BCUT2D eigenvalue weighted by Crippen LogP contribution is -2.20. The van der Waals surface area contributed by atoms with E-state index < -0.39 is 6.10 Å². The minimum Gasteiger partial charge on any atom is -0.495 e. The molecule has 1 saturated heterocycles. The highest BCUT2D eigenvalue weighted by Gasteiger charge is 2.21. The number of methoxy groups -OCH3 is 1. The van der Waals surface area contributed by atoms with Crippen LogP contribution in [-0.4, -0.2) is 36.5 Å². The van der Waals surface area contributed by atoms with Crippen LogP contribution in [-0.2, 0) is 11.4 Å². The van der Waals surface area contributed by atoms with E-state index in [0.29, 0.717) is 31.0 Å². The predicted octanol–water partition coefficient (Wildman–Crippen LogP) is 0.675. The van der Waals surface area contributed by atoms with Crippen LogP contribution in [0.15, 0.2) is 18.2 Å². The third-order valence-corrected chi connectivity index (χ3v) is 2.61. The molecule has 0 saturated carbocycles. The molecule has 90 valence electrons. The van der Waals surface area contributed by atoms with Crippen molar-refractivity contribution in [2.45, 2.75) is 12.6 Å². The van der Waals surface area contributed by atoms with Crippen molar-refractivity contribution in [3.63, 3.8) is 0 Å². The molecule has 0 radical (unpaired) electrons. The molecule has 0 amide bonds. The SMILES string of the molecule is COc1ccc(CN2C[C@H](O)CO2)cc1C#N. The second-order valence-corrected chi connectivity index (χ2v) is 3.92. The minimum absolute atomic E-state index is 0.335. The van der Waals surface area contributed by atoms with Gasteiger partial charge in [0.2, 0.25) is 0 Å². The maximum absolute atomic E-state index is 9.32. The van der Waals surface area contributed by atoms with Crippen LogP contribution in [0, 0.1) is 11.3 Å². The van der Waals surface area contributed by atoms with Gasteiger partial charge in [-0.2, -0.15) is 10.3 Å². The summed E-state index contributed by atoms with van der Waals surface area (Å²) >= 11 is 0. The normalized spacial score (nSPS) is 20.2. The summed E-state index contributed by atoms with van der Waals surface area (Å²) in [6.07, 6.45) is -0.427. The molecular formula is C12H14N2O3. The Morgan fingerprint density at radius 3 is 3.06 bits per heavy atom.